The van der Waals surface area contributed by atoms with E-state index in [1.54, 1.807) is 55.5 Å². The lowest BCUT2D eigenvalue weighted by Gasteiger charge is -2.13. The van der Waals surface area contributed by atoms with Crippen LogP contribution < -0.4 is 14.8 Å². The van der Waals surface area contributed by atoms with Gasteiger partial charge in [-0.3, -0.25) is 4.79 Å². The first kappa shape index (κ1) is 23.8. The minimum atomic E-state index is -0.544. The molecule has 0 atom stereocenters. The molecule has 33 heavy (non-hydrogen) atoms. The third kappa shape index (κ3) is 6.34. The van der Waals surface area contributed by atoms with Crippen LogP contribution in [-0.4, -0.2) is 12.5 Å². The van der Waals surface area contributed by atoms with Gasteiger partial charge in [0.15, 0.2) is 11.5 Å². The first-order valence-corrected chi connectivity index (χ1v) is 10.6. The molecule has 7 heteroatoms. The van der Waals surface area contributed by atoms with Crippen LogP contribution in [0.2, 0.25) is 5.02 Å². The number of amides is 1. The molecule has 0 aliphatic carbocycles. The summed E-state index contributed by atoms with van der Waals surface area (Å²) in [6.07, 6.45) is 1.47. The highest BCUT2D eigenvalue weighted by Crippen LogP contribution is 2.30. The van der Waals surface area contributed by atoms with Gasteiger partial charge in [0.05, 0.1) is 6.61 Å². The van der Waals surface area contributed by atoms with Crippen LogP contribution in [0.15, 0.2) is 66.2 Å². The minimum absolute atomic E-state index is 0.0724. The van der Waals surface area contributed by atoms with Gasteiger partial charge in [0.2, 0.25) is 0 Å². The van der Waals surface area contributed by atoms with E-state index >= 15 is 0 Å². The van der Waals surface area contributed by atoms with Gasteiger partial charge in [-0.1, -0.05) is 35.9 Å². The van der Waals surface area contributed by atoms with Crippen molar-refractivity contribution in [3.05, 3.63) is 93.8 Å². The van der Waals surface area contributed by atoms with E-state index in [1.165, 1.54) is 18.2 Å². The van der Waals surface area contributed by atoms with Crippen molar-refractivity contribution in [2.75, 3.05) is 11.9 Å². The Labute approximate surface area is 197 Å². The number of nitrogens with zero attached hydrogens (tertiary/aromatic N) is 1. The van der Waals surface area contributed by atoms with Gasteiger partial charge in [0, 0.05) is 10.7 Å². The zero-order valence-electron chi connectivity index (χ0n) is 18.2. The normalized spacial score (nSPS) is 10.9. The molecule has 0 aliphatic heterocycles. The second kappa shape index (κ2) is 11.2. The van der Waals surface area contributed by atoms with Crippen molar-refractivity contribution in [1.29, 1.82) is 5.26 Å². The largest absolute Gasteiger partial charge is 0.490 e. The molecule has 1 N–H and O–H groups in total. The lowest BCUT2D eigenvalue weighted by atomic mass is 10.1. The third-order valence-corrected chi connectivity index (χ3v) is 5.18. The van der Waals surface area contributed by atoms with Crippen LogP contribution in [0.3, 0.4) is 0 Å². The van der Waals surface area contributed by atoms with Crippen molar-refractivity contribution in [2.24, 2.45) is 0 Å². The topological polar surface area (TPSA) is 71.3 Å². The first-order chi connectivity index (χ1) is 15.9. The molecular weight excluding hydrogens is 443 g/mol. The molecule has 0 aliphatic rings. The fourth-order valence-corrected chi connectivity index (χ4v) is 3.17. The summed E-state index contributed by atoms with van der Waals surface area (Å²) in [6, 6.07) is 18.2. The summed E-state index contributed by atoms with van der Waals surface area (Å²) in [7, 11) is 0. The summed E-state index contributed by atoms with van der Waals surface area (Å²) in [5.41, 5.74) is 2.58. The Hall–Kier alpha value is -3.82. The van der Waals surface area contributed by atoms with Gasteiger partial charge in [-0.05, 0) is 73.0 Å². The molecule has 0 bridgehead atoms. The molecule has 0 spiro atoms. The maximum absolute atomic E-state index is 13.1. The number of nitriles is 1. The van der Waals surface area contributed by atoms with Crippen LogP contribution in [0.25, 0.3) is 6.08 Å². The second-order valence-electron chi connectivity index (χ2n) is 7.09. The van der Waals surface area contributed by atoms with Crippen molar-refractivity contribution in [3.63, 3.8) is 0 Å². The molecular formula is C26H22ClFN2O3. The second-order valence-corrected chi connectivity index (χ2v) is 7.50. The molecule has 168 valence electrons. The summed E-state index contributed by atoms with van der Waals surface area (Å²) in [5.74, 6) is 0.109. The Balaban J connectivity index is 1.79. The summed E-state index contributed by atoms with van der Waals surface area (Å²) in [4.78, 5) is 12.6. The van der Waals surface area contributed by atoms with Crippen molar-refractivity contribution in [3.8, 4) is 17.6 Å². The summed E-state index contributed by atoms with van der Waals surface area (Å²) in [5, 5.41) is 12.8. The maximum Gasteiger partial charge on any atom is 0.266 e. The van der Waals surface area contributed by atoms with E-state index in [0.29, 0.717) is 39.9 Å². The number of hydrogen-bond acceptors (Lipinski definition) is 4. The number of ether oxygens (including phenoxy) is 2. The van der Waals surface area contributed by atoms with Crippen molar-refractivity contribution < 1.29 is 18.7 Å². The highest BCUT2D eigenvalue weighted by atomic mass is 35.5. The summed E-state index contributed by atoms with van der Waals surface area (Å²) >= 11 is 6.10. The van der Waals surface area contributed by atoms with E-state index in [2.05, 4.69) is 5.32 Å². The van der Waals surface area contributed by atoms with Gasteiger partial charge in [-0.15, -0.1) is 0 Å². The fraction of sp³-hybridized carbons (Fsp3) is 0.154. The standard InChI is InChI=1S/C26H22ClFN2O3/c1-3-32-25-14-19(9-12-24(25)33-16-18-7-10-21(28)11-8-18)13-20(15-29)26(31)30-23-6-4-5-22(27)17(23)2/h4-14H,3,16H2,1-2H3,(H,30,31)/b20-13+. The number of benzene rings is 3. The zero-order chi connectivity index (χ0) is 23.8. The molecule has 0 aromatic heterocycles. The monoisotopic (exact) mass is 464 g/mol. The van der Waals surface area contributed by atoms with Gasteiger partial charge >= 0.3 is 0 Å². The Morgan fingerprint density at radius 3 is 2.58 bits per heavy atom. The number of carbonyl (C=O) groups is 1. The van der Waals surface area contributed by atoms with E-state index in [9.17, 15) is 14.4 Å². The molecule has 0 fully saturated rings. The smallest absolute Gasteiger partial charge is 0.266 e. The Kier molecular flexibility index (Phi) is 8.06. The van der Waals surface area contributed by atoms with Gasteiger partial charge in [0.1, 0.15) is 24.1 Å². The molecule has 5 nitrogen and oxygen atoms in total. The minimum Gasteiger partial charge on any atom is -0.490 e. The number of rotatable bonds is 8. The maximum atomic E-state index is 13.1. The highest BCUT2D eigenvalue weighted by Gasteiger charge is 2.13. The molecule has 3 rings (SSSR count). The van der Waals surface area contributed by atoms with E-state index in [0.717, 1.165) is 5.56 Å². The van der Waals surface area contributed by atoms with E-state index in [4.69, 9.17) is 21.1 Å². The molecule has 0 radical (unpaired) electrons. The van der Waals surface area contributed by atoms with E-state index in [-0.39, 0.29) is 18.0 Å². The van der Waals surface area contributed by atoms with Crippen LogP contribution in [0.4, 0.5) is 10.1 Å². The molecule has 3 aromatic rings. The van der Waals surface area contributed by atoms with Crippen molar-refractivity contribution in [2.45, 2.75) is 20.5 Å². The van der Waals surface area contributed by atoms with Crippen molar-refractivity contribution in [1.82, 2.24) is 0 Å². The van der Waals surface area contributed by atoms with Gasteiger partial charge in [-0.2, -0.15) is 5.26 Å². The SMILES string of the molecule is CCOc1cc(/C=C(\C#N)C(=O)Nc2cccc(Cl)c2C)ccc1OCc1ccc(F)cc1. The average Bonchev–Trinajstić information content (AvgIpc) is 2.81. The average molecular weight is 465 g/mol. The van der Waals surface area contributed by atoms with Crippen LogP contribution in [0.5, 0.6) is 11.5 Å². The number of carbonyl (C=O) groups excluding carboxylic acids is 1. The van der Waals surface area contributed by atoms with E-state index < -0.39 is 5.91 Å². The lowest BCUT2D eigenvalue weighted by molar-refractivity contribution is -0.112. The van der Waals surface area contributed by atoms with Crippen LogP contribution in [0.1, 0.15) is 23.6 Å². The van der Waals surface area contributed by atoms with Crippen LogP contribution in [0, 0.1) is 24.1 Å². The van der Waals surface area contributed by atoms with E-state index in [1.807, 2.05) is 13.0 Å². The molecule has 0 saturated heterocycles. The van der Waals surface area contributed by atoms with Gasteiger partial charge in [-0.25, -0.2) is 4.39 Å². The number of halogens is 2. The van der Waals surface area contributed by atoms with Crippen LogP contribution in [-0.2, 0) is 11.4 Å². The fourth-order valence-electron chi connectivity index (χ4n) is 2.99. The molecule has 3 aromatic carbocycles. The summed E-state index contributed by atoms with van der Waals surface area (Å²) in [6.45, 7) is 4.26. The number of hydrogen-bond donors (Lipinski definition) is 1. The zero-order valence-corrected chi connectivity index (χ0v) is 18.9. The molecule has 1 amide bonds. The number of nitrogens with one attached hydrogen (secondary N) is 1. The Bertz CT molecular complexity index is 1220. The quantitative estimate of drug-likeness (QED) is 0.313. The molecule has 0 saturated carbocycles. The highest BCUT2D eigenvalue weighted by molar-refractivity contribution is 6.31. The van der Waals surface area contributed by atoms with Gasteiger partial charge < -0.3 is 14.8 Å². The van der Waals surface area contributed by atoms with Gasteiger partial charge in [0.25, 0.3) is 5.91 Å². The number of anilines is 1. The molecule has 0 heterocycles. The first-order valence-electron chi connectivity index (χ1n) is 10.2. The predicted molar refractivity (Wildman–Crippen MR) is 127 cm³/mol. The Morgan fingerprint density at radius 2 is 1.88 bits per heavy atom. The van der Waals surface area contributed by atoms with Crippen molar-refractivity contribution >= 4 is 29.3 Å². The Morgan fingerprint density at radius 1 is 1.12 bits per heavy atom. The third-order valence-electron chi connectivity index (χ3n) is 4.77. The lowest BCUT2D eigenvalue weighted by Crippen LogP contribution is -2.14. The molecule has 0 unspecified atom stereocenters. The van der Waals surface area contributed by atoms with Crippen LogP contribution >= 0.6 is 11.6 Å². The summed E-state index contributed by atoms with van der Waals surface area (Å²) < 4.78 is 24.6. The predicted octanol–water partition coefficient (Wildman–Crippen LogP) is 6.31.